The summed E-state index contributed by atoms with van der Waals surface area (Å²) in [5, 5.41) is 10.7. The molecule has 0 spiro atoms. The number of rotatable bonds is 3. The average molecular weight is 247 g/mol. The second-order valence-electron chi connectivity index (χ2n) is 5.91. The van der Waals surface area contributed by atoms with Gasteiger partial charge in [0.25, 0.3) is 0 Å². The SMILES string of the molecule is CC(C)C1(O)CCCCN(Cc2ccccc2)C1. The van der Waals surface area contributed by atoms with Gasteiger partial charge in [-0.2, -0.15) is 0 Å². The molecule has 0 bridgehead atoms. The van der Waals surface area contributed by atoms with Crippen LogP contribution in [0.1, 0.15) is 38.7 Å². The number of benzene rings is 1. The van der Waals surface area contributed by atoms with Crippen LogP contribution < -0.4 is 0 Å². The van der Waals surface area contributed by atoms with Crippen LogP contribution in [0.2, 0.25) is 0 Å². The van der Waals surface area contributed by atoms with Crippen molar-refractivity contribution in [2.45, 2.75) is 45.3 Å². The van der Waals surface area contributed by atoms with E-state index in [1.807, 2.05) is 0 Å². The van der Waals surface area contributed by atoms with Crippen molar-refractivity contribution in [1.82, 2.24) is 4.90 Å². The molecule has 1 saturated heterocycles. The van der Waals surface area contributed by atoms with E-state index in [9.17, 15) is 5.11 Å². The molecule has 1 aliphatic heterocycles. The van der Waals surface area contributed by atoms with E-state index < -0.39 is 5.60 Å². The lowest BCUT2D eigenvalue weighted by Crippen LogP contribution is -2.45. The molecule has 1 fully saturated rings. The minimum absolute atomic E-state index is 0.328. The maximum absolute atomic E-state index is 10.7. The Labute approximate surface area is 111 Å². The topological polar surface area (TPSA) is 23.5 Å². The minimum Gasteiger partial charge on any atom is -0.388 e. The first-order valence-electron chi connectivity index (χ1n) is 7.09. The second-order valence-corrected chi connectivity index (χ2v) is 5.91. The van der Waals surface area contributed by atoms with Crippen molar-refractivity contribution in [3.8, 4) is 0 Å². The van der Waals surface area contributed by atoms with Crippen molar-refractivity contribution in [3.05, 3.63) is 35.9 Å². The minimum atomic E-state index is -0.509. The predicted molar refractivity (Wildman–Crippen MR) is 75.4 cm³/mol. The van der Waals surface area contributed by atoms with Gasteiger partial charge in [0, 0.05) is 13.1 Å². The van der Waals surface area contributed by atoms with Crippen LogP contribution in [0.3, 0.4) is 0 Å². The Hall–Kier alpha value is -0.860. The third kappa shape index (κ3) is 3.33. The van der Waals surface area contributed by atoms with Gasteiger partial charge in [-0.1, -0.05) is 44.2 Å². The van der Waals surface area contributed by atoms with Crippen LogP contribution in [-0.2, 0) is 6.54 Å². The van der Waals surface area contributed by atoms with Gasteiger partial charge in [-0.3, -0.25) is 4.90 Å². The molecule has 2 nitrogen and oxygen atoms in total. The van der Waals surface area contributed by atoms with E-state index in [1.54, 1.807) is 0 Å². The van der Waals surface area contributed by atoms with Crippen molar-refractivity contribution < 1.29 is 5.11 Å². The molecule has 0 aromatic heterocycles. The van der Waals surface area contributed by atoms with Crippen molar-refractivity contribution >= 4 is 0 Å². The lowest BCUT2D eigenvalue weighted by atomic mass is 9.86. The zero-order chi connectivity index (χ0) is 13.0. The van der Waals surface area contributed by atoms with E-state index in [0.29, 0.717) is 5.92 Å². The summed E-state index contributed by atoms with van der Waals surface area (Å²) in [7, 11) is 0. The highest BCUT2D eigenvalue weighted by Gasteiger charge is 2.34. The van der Waals surface area contributed by atoms with Crippen LogP contribution >= 0.6 is 0 Å². The fourth-order valence-corrected chi connectivity index (χ4v) is 2.76. The fourth-order valence-electron chi connectivity index (χ4n) is 2.76. The summed E-state index contributed by atoms with van der Waals surface area (Å²) >= 11 is 0. The molecule has 0 aliphatic carbocycles. The Kier molecular flexibility index (Phi) is 4.41. The van der Waals surface area contributed by atoms with Gasteiger partial charge in [0.1, 0.15) is 0 Å². The van der Waals surface area contributed by atoms with Gasteiger partial charge < -0.3 is 5.11 Å². The van der Waals surface area contributed by atoms with E-state index >= 15 is 0 Å². The van der Waals surface area contributed by atoms with E-state index in [-0.39, 0.29) is 0 Å². The standard InChI is InChI=1S/C16H25NO/c1-14(2)16(18)10-6-7-11-17(13-16)12-15-8-4-3-5-9-15/h3-5,8-9,14,18H,6-7,10-13H2,1-2H3. The Morgan fingerprint density at radius 2 is 1.94 bits per heavy atom. The van der Waals surface area contributed by atoms with Crippen LogP contribution in [0.25, 0.3) is 0 Å². The third-order valence-electron chi connectivity index (χ3n) is 4.16. The summed E-state index contributed by atoms with van der Waals surface area (Å²) < 4.78 is 0. The van der Waals surface area contributed by atoms with Gasteiger partial charge in [-0.05, 0) is 37.3 Å². The van der Waals surface area contributed by atoms with Crippen molar-refractivity contribution in [1.29, 1.82) is 0 Å². The van der Waals surface area contributed by atoms with Crippen molar-refractivity contribution in [2.24, 2.45) is 5.92 Å². The summed E-state index contributed by atoms with van der Waals surface area (Å²) in [5.74, 6) is 0.328. The molecule has 2 rings (SSSR count). The summed E-state index contributed by atoms with van der Waals surface area (Å²) in [4.78, 5) is 2.41. The number of hydrogen-bond acceptors (Lipinski definition) is 2. The largest absolute Gasteiger partial charge is 0.388 e. The molecule has 1 aliphatic rings. The van der Waals surface area contributed by atoms with Gasteiger partial charge in [0.15, 0.2) is 0 Å². The van der Waals surface area contributed by atoms with E-state index in [1.165, 1.54) is 12.0 Å². The molecule has 18 heavy (non-hydrogen) atoms. The highest BCUT2D eigenvalue weighted by atomic mass is 16.3. The molecule has 0 radical (unpaired) electrons. The molecule has 100 valence electrons. The number of hydrogen-bond donors (Lipinski definition) is 1. The Morgan fingerprint density at radius 1 is 1.22 bits per heavy atom. The zero-order valence-corrected chi connectivity index (χ0v) is 11.6. The summed E-state index contributed by atoms with van der Waals surface area (Å²) in [6.07, 6.45) is 3.28. The third-order valence-corrected chi connectivity index (χ3v) is 4.16. The highest BCUT2D eigenvalue weighted by molar-refractivity contribution is 5.14. The first-order chi connectivity index (χ1) is 8.60. The van der Waals surface area contributed by atoms with Crippen LogP contribution in [0.4, 0.5) is 0 Å². The predicted octanol–water partition coefficient (Wildman–Crippen LogP) is 3.06. The molecule has 0 saturated carbocycles. The van der Waals surface area contributed by atoms with E-state index in [2.05, 4.69) is 49.1 Å². The monoisotopic (exact) mass is 247 g/mol. The maximum Gasteiger partial charge on any atom is 0.0796 e. The van der Waals surface area contributed by atoms with E-state index in [4.69, 9.17) is 0 Å². The van der Waals surface area contributed by atoms with Crippen molar-refractivity contribution in [3.63, 3.8) is 0 Å². The van der Waals surface area contributed by atoms with Gasteiger partial charge >= 0.3 is 0 Å². The lowest BCUT2D eigenvalue weighted by Gasteiger charge is -2.35. The molecule has 1 unspecified atom stereocenters. The smallest absolute Gasteiger partial charge is 0.0796 e. The summed E-state index contributed by atoms with van der Waals surface area (Å²) in [6, 6.07) is 10.6. The number of aliphatic hydroxyl groups is 1. The summed E-state index contributed by atoms with van der Waals surface area (Å²) in [5.41, 5.74) is 0.830. The summed E-state index contributed by atoms with van der Waals surface area (Å²) in [6.45, 7) is 7.12. The average Bonchev–Trinajstić information content (AvgIpc) is 2.53. The molecular weight excluding hydrogens is 222 g/mol. The van der Waals surface area contributed by atoms with Crippen LogP contribution in [0, 0.1) is 5.92 Å². The molecular formula is C16H25NO. The van der Waals surface area contributed by atoms with Crippen LogP contribution in [-0.4, -0.2) is 28.7 Å². The molecule has 1 aromatic rings. The lowest BCUT2D eigenvalue weighted by molar-refractivity contribution is -0.0343. The zero-order valence-electron chi connectivity index (χ0n) is 11.6. The molecule has 1 atom stereocenters. The number of β-amino-alcohol motifs (C(OH)–C–C–N with tert-alkyl or cyclic N) is 1. The molecule has 0 amide bonds. The van der Waals surface area contributed by atoms with Crippen molar-refractivity contribution in [2.75, 3.05) is 13.1 Å². The van der Waals surface area contributed by atoms with Gasteiger partial charge in [-0.15, -0.1) is 0 Å². The first-order valence-corrected chi connectivity index (χ1v) is 7.09. The van der Waals surface area contributed by atoms with Gasteiger partial charge in [0.2, 0.25) is 0 Å². The highest BCUT2D eigenvalue weighted by Crippen LogP contribution is 2.28. The van der Waals surface area contributed by atoms with E-state index in [0.717, 1.165) is 32.5 Å². The first kappa shape index (κ1) is 13.6. The molecule has 1 N–H and O–H groups in total. The normalized spacial score (nSPS) is 26.2. The Bertz CT molecular complexity index is 363. The Morgan fingerprint density at radius 3 is 2.61 bits per heavy atom. The van der Waals surface area contributed by atoms with Crippen LogP contribution in [0.5, 0.6) is 0 Å². The molecule has 1 aromatic carbocycles. The number of likely N-dealkylation sites (tertiary alicyclic amines) is 1. The number of nitrogens with zero attached hydrogens (tertiary/aromatic N) is 1. The van der Waals surface area contributed by atoms with Gasteiger partial charge in [-0.25, -0.2) is 0 Å². The molecule has 1 heterocycles. The van der Waals surface area contributed by atoms with Gasteiger partial charge in [0.05, 0.1) is 5.60 Å². The second kappa shape index (κ2) is 5.85. The molecule has 2 heteroatoms. The fraction of sp³-hybridized carbons (Fsp3) is 0.625. The quantitative estimate of drug-likeness (QED) is 0.887. The van der Waals surface area contributed by atoms with Crippen LogP contribution in [0.15, 0.2) is 30.3 Å². The maximum atomic E-state index is 10.7. The Balaban J connectivity index is 2.04.